The second-order valence-electron chi connectivity index (χ2n) is 4.70. The van der Waals surface area contributed by atoms with Crippen molar-refractivity contribution in [1.82, 2.24) is 15.2 Å². The van der Waals surface area contributed by atoms with Crippen molar-refractivity contribution in [3.63, 3.8) is 0 Å². The molecule has 21 heavy (non-hydrogen) atoms. The SMILES string of the molecule is Cc1cc(C(=O)Nc2ccc(-c3ccncc3)cc2)n[nH]1. The summed E-state index contributed by atoms with van der Waals surface area (Å²) in [6, 6.07) is 13.3. The Kier molecular flexibility index (Phi) is 3.47. The van der Waals surface area contributed by atoms with Crippen LogP contribution in [0.2, 0.25) is 0 Å². The second kappa shape index (κ2) is 5.58. The summed E-state index contributed by atoms with van der Waals surface area (Å²) in [5.74, 6) is -0.226. The number of aromatic nitrogens is 3. The first kappa shape index (κ1) is 13.1. The van der Waals surface area contributed by atoms with Crippen molar-refractivity contribution in [1.29, 1.82) is 0 Å². The number of pyridine rings is 1. The van der Waals surface area contributed by atoms with E-state index in [9.17, 15) is 4.79 Å². The van der Waals surface area contributed by atoms with Crippen LogP contribution in [-0.4, -0.2) is 21.1 Å². The fraction of sp³-hybridized carbons (Fsp3) is 0.0625. The van der Waals surface area contributed by atoms with Crippen molar-refractivity contribution >= 4 is 11.6 Å². The topological polar surface area (TPSA) is 70.7 Å². The van der Waals surface area contributed by atoms with Gasteiger partial charge in [-0.3, -0.25) is 14.9 Å². The number of anilines is 1. The molecule has 3 aromatic rings. The van der Waals surface area contributed by atoms with Crippen LogP contribution in [-0.2, 0) is 0 Å². The minimum atomic E-state index is -0.226. The summed E-state index contributed by atoms with van der Waals surface area (Å²) in [6.07, 6.45) is 3.51. The summed E-state index contributed by atoms with van der Waals surface area (Å²) < 4.78 is 0. The quantitative estimate of drug-likeness (QED) is 0.773. The first-order valence-electron chi connectivity index (χ1n) is 6.56. The Morgan fingerprint density at radius 2 is 1.71 bits per heavy atom. The van der Waals surface area contributed by atoms with Gasteiger partial charge in [-0.25, -0.2) is 0 Å². The number of benzene rings is 1. The number of carbonyl (C=O) groups excluding carboxylic acids is 1. The molecule has 5 heteroatoms. The Balaban J connectivity index is 1.74. The molecule has 0 bridgehead atoms. The number of amides is 1. The van der Waals surface area contributed by atoms with E-state index in [-0.39, 0.29) is 5.91 Å². The summed E-state index contributed by atoms with van der Waals surface area (Å²) >= 11 is 0. The van der Waals surface area contributed by atoms with Gasteiger partial charge in [0.2, 0.25) is 0 Å². The second-order valence-corrected chi connectivity index (χ2v) is 4.70. The van der Waals surface area contributed by atoms with Crippen LogP contribution in [0.4, 0.5) is 5.69 Å². The Morgan fingerprint density at radius 3 is 2.33 bits per heavy atom. The van der Waals surface area contributed by atoms with Crippen molar-refractivity contribution in [3.05, 3.63) is 66.2 Å². The lowest BCUT2D eigenvalue weighted by Gasteiger charge is -2.05. The Labute approximate surface area is 122 Å². The zero-order chi connectivity index (χ0) is 14.7. The lowest BCUT2D eigenvalue weighted by Crippen LogP contribution is -2.12. The summed E-state index contributed by atoms with van der Waals surface area (Å²) in [5, 5.41) is 9.50. The lowest BCUT2D eigenvalue weighted by molar-refractivity contribution is 0.102. The number of aromatic amines is 1. The van der Waals surface area contributed by atoms with Gasteiger partial charge in [0.05, 0.1) is 0 Å². The van der Waals surface area contributed by atoms with E-state index in [4.69, 9.17) is 0 Å². The normalized spacial score (nSPS) is 10.3. The largest absolute Gasteiger partial charge is 0.321 e. The highest BCUT2D eigenvalue weighted by atomic mass is 16.1. The third kappa shape index (κ3) is 2.97. The summed E-state index contributed by atoms with van der Waals surface area (Å²) in [6.45, 7) is 1.85. The molecular weight excluding hydrogens is 264 g/mol. The third-order valence-corrected chi connectivity index (χ3v) is 3.09. The third-order valence-electron chi connectivity index (χ3n) is 3.09. The van der Waals surface area contributed by atoms with E-state index in [1.54, 1.807) is 18.5 Å². The molecule has 2 heterocycles. The van der Waals surface area contributed by atoms with Crippen molar-refractivity contribution in [2.45, 2.75) is 6.92 Å². The van der Waals surface area contributed by atoms with E-state index in [2.05, 4.69) is 20.5 Å². The maximum Gasteiger partial charge on any atom is 0.276 e. The van der Waals surface area contributed by atoms with Crippen LogP contribution in [0.15, 0.2) is 54.9 Å². The molecule has 0 aliphatic heterocycles. The highest BCUT2D eigenvalue weighted by Crippen LogP contribution is 2.20. The number of nitrogens with one attached hydrogen (secondary N) is 2. The van der Waals surface area contributed by atoms with E-state index < -0.39 is 0 Å². The number of hydrogen-bond acceptors (Lipinski definition) is 3. The molecule has 0 aliphatic rings. The van der Waals surface area contributed by atoms with Crippen molar-refractivity contribution < 1.29 is 4.79 Å². The van der Waals surface area contributed by atoms with Crippen LogP contribution in [0.1, 0.15) is 16.2 Å². The molecule has 0 saturated heterocycles. The minimum absolute atomic E-state index is 0.226. The average Bonchev–Trinajstić information content (AvgIpc) is 2.96. The molecule has 104 valence electrons. The molecule has 1 aromatic carbocycles. The van der Waals surface area contributed by atoms with Gasteiger partial charge in [0.1, 0.15) is 0 Å². The fourth-order valence-corrected chi connectivity index (χ4v) is 2.02. The number of rotatable bonds is 3. The first-order chi connectivity index (χ1) is 10.2. The molecule has 0 radical (unpaired) electrons. The molecule has 0 spiro atoms. The highest BCUT2D eigenvalue weighted by molar-refractivity contribution is 6.03. The molecular formula is C16H14N4O. The smallest absolute Gasteiger partial charge is 0.276 e. The zero-order valence-electron chi connectivity index (χ0n) is 11.5. The summed E-state index contributed by atoms with van der Waals surface area (Å²) in [4.78, 5) is 16.0. The van der Waals surface area contributed by atoms with Crippen molar-refractivity contribution in [2.75, 3.05) is 5.32 Å². The van der Waals surface area contributed by atoms with Crippen LogP contribution in [0.5, 0.6) is 0 Å². The fourth-order valence-electron chi connectivity index (χ4n) is 2.02. The van der Waals surface area contributed by atoms with E-state index >= 15 is 0 Å². The molecule has 0 aliphatic carbocycles. The predicted octanol–water partition coefficient (Wildman–Crippen LogP) is 3.03. The van der Waals surface area contributed by atoms with Crippen LogP contribution in [0.3, 0.4) is 0 Å². The van der Waals surface area contributed by atoms with Gasteiger partial charge in [-0.1, -0.05) is 12.1 Å². The van der Waals surface area contributed by atoms with Crippen molar-refractivity contribution in [3.8, 4) is 11.1 Å². The van der Waals surface area contributed by atoms with Gasteiger partial charge in [-0.2, -0.15) is 5.10 Å². The summed E-state index contributed by atoms with van der Waals surface area (Å²) in [5.41, 5.74) is 4.13. The monoisotopic (exact) mass is 278 g/mol. The van der Waals surface area contributed by atoms with E-state index in [1.807, 2.05) is 43.3 Å². The average molecular weight is 278 g/mol. The zero-order valence-corrected chi connectivity index (χ0v) is 11.5. The van der Waals surface area contributed by atoms with Gasteiger partial charge >= 0.3 is 0 Å². The molecule has 5 nitrogen and oxygen atoms in total. The van der Waals surface area contributed by atoms with E-state index in [0.717, 1.165) is 22.5 Å². The summed E-state index contributed by atoms with van der Waals surface area (Å²) in [7, 11) is 0. The number of carbonyl (C=O) groups is 1. The Morgan fingerprint density at radius 1 is 1.05 bits per heavy atom. The number of aryl methyl sites for hydroxylation is 1. The van der Waals surface area contributed by atoms with Gasteiger partial charge in [0.15, 0.2) is 5.69 Å². The number of H-pyrrole nitrogens is 1. The van der Waals surface area contributed by atoms with Gasteiger partial charge in [-0.15, -0.1) is 0 Å². The molecule has 1 amide bonds. The van der Waals surface area contributed by atoms with E-state index in [1.165, 1.54) is 0 Å². The van der Waals surface area contributed by atoms with Gasteiger partial charge in [0.25, 0.3) is 5.91 Å². The maximum absolute atomic E-state index is 12.0. The van der Waals surface area contributed by atoms with Crippen LogP contribution in [0.25, 0.3) is 11.1 Å². The van der Waals surface area contributed by atoms with Gasteiger partial charge in [0, 0.05) is 23.8 Å². The molecule has 0 atom stereocenters. The number of hydrogen-bond donors (Lipinski definition) is 2. The lowest BCUT2D eigenvalue weighted by atomic mass is 10.1. The van der Waals surface area contributed by atoms with Crippen molar-refractivity contribution in [2.24, 2.45) is 0 Å². The Hall–Kier alpha value is -2.95. The maximum atomic E-state index is 12.0. The van der Waals surface area contributed by atoms with Gasteiger partial charge < -0.3 is 5.32 Å². The first-order valence-corrected chi connectivity index (χ1v) is 6.56. The number of nitrogens with zero attached hydrogens (tertiary/aromatic N) is 2. The highest BCUT2D eigenvalue weighted by Gasteiger charge is 2.09. The van der Waals surface area contributed by atoms with Gasteiger partial charge in [-0.05, 0) is 48.4 Å². The molecule has 0 unspecified atom stereocenters. The molecule has 2 N–H and O–H groups in total. The molecule has 3 rings (SSSR count). The predicted molar refractivity (Wildman–Crippen MR) is 81.0 cm³/mol. The van der Waals surface area contributed by atoms with Crippen LogP contribution in [0, 0.1) is 6.92 Å². The molecule has 0 fully saturated rings. The minimum Gasteiger partial charge on any atom is -0.321 e. The van der Waals surface area contributed by atoms with Crippen LogP contribution >= 0.6 is 0 Å². The standard InChI is InChI=1S/C16H14N4O/c1-11-10-15(20-19-11)16(21)18-14-4-2-12(3-5-14)13-6-8-17-9-7-13/h2-10H,1H3,(H,18,21)(H,19,20). The Bertz CT molecular complexity index is 747. The van der Waals surface area contributed by atoms with Crippen LogP contribution < -0.4 is 5.32 Å². The van der Waals surface area contributed by atoms with E-state index in [0.29, 0.717) is 5.69 Å². The molecule has 2 aromatic heterocycles. The molecule has 0 saturated carbocycles.